The molecule has 0 radical (unpaired) electrons. The van der Waals surface area contributed by atoms with Crippen molar-refractivity contribution in [2.45, 2.75) is 58.9 Å². The minimum absolute atomic E-state index is 0.808. The van der Waals surface area contributed by atoms with E-state index in [1.165, 1.54) is 38.6 Å². The summed E-state index contributed by atoms with van der Waals surface area (Å²) in [5.41, 5.74) is 0. The van der Waals surface area contributed by atoms with Gasteiger partial charge in [0.05, 0.1) is 0 Å². The molecule has 0 bridgehead atoms. The van der Waals surface area contributed by atoms with Crippen molar-refractivity contribution in [3.8, 4) is 0 Å². The lowest BCUT2D eigenvalue weighted by molar-refractivity contribution is 0.269. The quantitative estimate of drug-likeness (QED) is 0.706. The van der Waals surface area contributed by atoms with E-state index in [0.717, 1.165) is 17.9 Å². The highest BCUT2D eigenvalue weighted by Gasteiger charge is 2.20. The predicted octanol–water partition coefficient (Wildman–Crippen LogP) is 3.20. The van der Waals surface area contributed by atoms with Gasteiger partial charge in [0, 0.05) is 6.04 Å². The molecule has 0 heterocycles. The zero-order chi connectivity index (χ0) is 9.68. The first-order valence-corrected chi connectivity index (χ1v) is 5.97. The first-order chi connectivity index (χ1) is 6.24. The molecule has 0 amide bonds. The van der Waals surface area contributed by atoms with Gasteiger partial charge < -0.3 is 5.32 Å². The van der Waals surface area contributed by atoms with E-state index in [1.54, 1.807) is 0 Å². The second kappa shape index (κ2) is 5.64. The molecule has 1 heteroatoms. The molecule has 0 aromatic carbocycles. The summed E-state index contributed by atoms with van der Waals surface area (Å²) in [6.07, 6.45) is 7.01. The van der Waals surface area contributed by atoms with Crippen molar-refractivity contribution in [3.05, 3.63) is 0 Å². The molecular weight excluding hydrogens is 158 g/mol. The molecule has 0 aliphatic heterocycles. The summed E-state index contributed by atoms with van der Waals surface area (Å²) in [6, 6.07) is 0.808. The van der Waals surface area contributed by atoms with E-state index >= 15 is 0 Å². The van der Waals surface area contributed by atoms with Gasteiger partial charge in [-0.1, -0.05) is 40.0 Å². The third kappa shape index (κ3) is 3.68. The zero-order valence-electron chi connectivity index (χ0n) is 9.47. The highest BCUT2D eigenvalue weighted by atomic mass is 14.9. The third-order valence-corrected chi connectivity index (χ3v) is 3.54. The maximum Gasteiger partial charge on any atom is 0.00928 e. The van der Waals surface area contributed by atoms with Gasteiger partial charge in [-0.05, 0) is 31.2 Å². The van der Waals surface area contributed by atoms with E-state index in [9.17, 15) is 0 Å². The van der Waals surface area contributed by atoms with E-state index in [0.29, 0.717) is 0 Å². The number of nitrogens with one attached hydrogen (secondary N) is 1. The molecule has 1 N–H and O–H groups in total. The van der Waals surface area contributed by atoms with Crippen LogP contribution in [0.25, 0.3) is 0 Å². The van der Waals surface area contributed by atoms with E-state index < -0.39 is 0 Å². The summed E-state index contributed by atoms with van der Waals surface area (Å²) in [7, 11) is 0. The Morgan fingerprint density at radius 1 is 1.31 bits per heavy atom. The summed E-state index contributed by atoms with van der Waals surface area (Å²) in [5, 5.41) is 3.72. The zero-order valence-corrected chi connectivity index (χ0v) is 9.47. The van der Waals surface area contributed by atoms with Crippen LogP contribution in [-0.2, 0) is 0 Å². The van der Waals surface area contributed by atoms with Gasteiger partial charge in [-0.25, -0.2) is 0 Å². The van der Waals surface area contributed by atoms with Gasteiger partial charge in [0.1, 0.15) is 0 Å². The van der Waals surface area contributed by atoms with Gasteiger partial charge in [0.15, 0.2) is 0 Å². The second-order valence-corrected chi connectivity index (χ2v) is 4.79. The Kier molecular flexibility index (Phi) is 4.79. The summed E-state index contributed by atoms with van der Waals surface area (Å²) in [5.74, 6) is 1.74. The maximum absolute atomic E-state index is 3.72. The molecule has 0 aromatic rings. The van der Waals surface area contributed by atoms with Crippen LogP contribution in [0.1, 0.15) is 52.9 Å². The molecule has 78 valence electrons. The van der Waals surface area contributed by atoms with Crippen LogP contribution >= 0.6 is 0 Å². The minimum atomic E-state index is 0.808. The van der Waals surface area contributed by atoms with Crippen molar-refractivity contribution >= 4 is 0 Å². The van der Waals surface area contributed by atoms with Crippen molar-refractivity contribution in [2.24, 2.45) is 11.8 Å². The van der Waals surface area contributed by atoms with E-state index in [2.05, 4.69) is 26.1 Å². The highest BCUT2D eigenvalue weighted by molar-refractivity contribution is 4.78. The van der Waals surface area contributed by atoms with E-state index in [1.807, 2.05) is 0 Å². The van der Waals surface area contributed by atoms with E-state index in [-0.39, 0.29) is 0 Å². The maximum atomic E-state index is 3.72. The van der Waals surface area contributed by atoms with Gasteiger partial charge >= 0.3 is 0 Å². The summed E-state index contributed by atoms with van der Waals surface area (Å²) in [6.45, 7) is 8.22. The summed E-state index contributed by atoms with van der Waals surface area (Å²) < 4.78 is 0. The molecule has 1 nitrogen and oxygen atoms in total. The van der Waals surface area contributed by atoms with Crippen molar-refractivity contribution in [1.29, 1.82) is 0 Å². The monoisotopic (exact) mass is 183 g/mol. The average molecular weight is 183 g/mol. The summed E-state index contributed by atoms with van der Waals surface area (Å²) >= 11 is 0. The van der Waals surface area contributed by atoms with Gasteiger partial charge in [0.2, 0.25) is 0 Å². The lowest BCUT2D eigenvalue weighted by Crippen LogP contribution is -2.39. The fourth-order valence-electron chi connectivity index (χ4n) is 2.12. The molecule has 1 rings (SSSR count). The third-order valence-electron chi connectivity index (χ3n) is 3.54. The molecule has 0 spiro atoms. The number of hydrogen-bond acceptors (Lipinski definition) is 1. The molecular formula is C12H25N. The van der Waals surface area contributed by atoms with Crippen LogP contribution in [-0.4, -0.2) is 12.6 Å². The predicted molar refractivity (Wildman–Crippen MR) is 58.9 cm³/mol. The van der Waals surface area contributed by atoms with Gasteiger partial charge in [-0.15, -0.1) is 0 Å². The standard InChI is InChI=1S/C12H25N/c1-4-10(2)9-13-12-8-6-5-7-11(12)3/h10-13H,4-9H2,1-3H3/t10-,11+,12-/m1/s1. The first kappa shape index (κ1) is 11.0. The lowest BCUT2D eigenvalue weighted by atomic mass is 9.85. The summed E-state index contributed by atoms with van der Waals surface area (Å²) in [4.78, 5) is 0. The Morgan fingerprint density at radius 3 is 2.62 bits per heavy atom. The van der Waals surface area contributed by atoms with Crippen molar-refractivity contribution in [2.75, 3.05) is 6.54 Å². The van der Waals surface area contributed by atoms with Crippen LogP contribution in [0.5, 0.6) is 0 Å². The van der Waals surface area contributed by atoms with Crippen molar-refractivity contribution in [3.63, 3.8) is 0 Å². The largest absolute Gasteiger partial charge is 0.313 e. The fraction of sp³-hybridized carbons (Fsp3) is 1.00. The minimum Gasteiger partial charge on any atom is -0.313 e. The van der Waals surface area contributed by atoms with Crippen LogP contribution in [0, 0.1) is 11.8 Å². The Bertz CT molecular complexity index is 133. The molecule has 0 aromatic heterocycles. The molecule has 1 saturated carbocycles. The second-order valence-electron chi connectivity index (χ2n) is 4.79. The highest BCUT2D eigenvalue weighted by Crippen LogP contribution is 2.23. The molecule has 0 unspecified atom stereocenters. The van der Waals surface area contributed by atoms with Crippen LogP contribution < -0.4 is 5.32 Å². The van der Waals surface area contributed by atoms with Gasteiger partial charge in [0.25, 0.3) is 0 Å². The average Bonchev–Trinajstić information content (AvgIpc) is 2.16. The van der Waals surface area contributed by atoms with Crippen molar-refractivity contribution < 1.29 is 0 Å². The van der Waals surface area contributed by atoms with Crippen LogP contribution in [0.15, 0.2) is 0 Å². The molecule has 0 saturated heterocycles. The van der Waals surface area contributed by atoms with Crippen LogP contribution in [0.4, 0.5) is 0 Å². The first-order valence-electron chi connectivity index (χ1n) is 5.97. The van der Waals surface area contributed by atoms with E-state index in [4.69, 9.17) is 0 Å². The molecule has 1 aliphatic rings. The fourth-order valence-corrected chi connectivity index (χ4v) is 2.12. The van der Waals surface area contributed by atoms with Crippen molar-refractivity contribution in [1.82, 2.24) is 5.32 Å². The number of hydrogen-bond donors (Lipinski definition) is 1. The normalized spacial score (nSPS) is 31.6. The molecule has 1 aliphatic carbocycles. The van der Waals surface area contributed by atoms with Gasteiger partial charge in [-0.3, -0.25) is 0 Å². The van der Waals surface area contributed by atoms with Gasteiger partial charge in [-0.2, -0.15) is 0 Å². The van der Waals surface area contributed by atoms with Crippen LogP contribution in [0.3, 0.4) is 0 Å². The molecule has 1 fully saturated rings. The smallest absolute Gasteiger partial charge is 0.00928 e. The molecule has 13 heavy (non-hydrogen) atoms. The number of rotatable bonds is 4. The molecule has 3 atom stereocenters. The Labute approximate surface area is 83.3 Å². The Morgan fingerprint density at radius 2 is 2.00 bits per heavy atom. The van der Waals surface area contributed by atoms with Crippen LogP contribution in [0.2, 0.25) is 0 Å². The Balaban J connectivity index is 2.18. The Hall–Kier alpha value is -0.0400. The SMILES string of the molecule is CC[C@@H](C)CN[C@@H]1CCCC[C@@H]1C. The topological polar surface area (TPSA) is 12.0 Å². The lowest BCUT2D eigenvalue weighted by Gasteiger charge is -2.30.